The number of hydrogen-bond donors (Lipinski definition) is 1. The number of pyridine rings is 1. The zero-order valence-electron chi connectivity index (χ0n) is 12.3. The van der Waals surface area contributed by atoms with Crippen LogP contribution in [0.25, 0.3) is 32.9 Å². The Labute approximate surface area is 128 Å². The fourth-order valence-electron chi connectivity index (χ4n) is 2.99. The molecule has 0 bridgehead atoms. The van der Waals surface area contributed by atoms with Gasteiger partial charge in [0.15, 0.2) is 5.43 Å². The summed E-state index contributed by atoms with van der Waals surface area (Å²) in [5.41, 5.74) is 4.98. The average Bonchev–Trinajstić information content (AvgIpc) is 2.56. The van der Waals surface area contributed by atoms with Crippen molar-refractivity contribution in [1.29, 1.82) is 0 Å². The third-order valence-corrected chi connectivity index (χ3v) is 4.07. The maximum atomic E-state index is 13.0. The summed E-state index contributed by atoms with van der Waals surface area (Å²) in [4.78, 5) is 16.4. The highest BCUT2D eigenvalue weighted by Crippen LogP contribution is 2.27. The number of fused-ring (bicyclic) bond motifs is 2. The number of benzene rings is 3. The smallest absolute Gasteiger partial charge is 0.197 e. The van der Waals surface area contributed by atoms with Gasteiger partial charge in [-0.2, -0.15) is 0 Å². The van der Waals surface area contributed by atoms with Crippen molar-refractivity contribution in [2.75, 3.05) is 0 Å². The number of rotatable bonds is 1. The number of H-pyrrole nitrogens is 1. The Morgan fingerprint density at radius 3 is 2.45 bits per heavy atom. The SMILES string of the molecule is Cc1ccc2[nH]c3cccc(-c4ccccc4)c3c(=O)c2c1. The van der Waals surface area contributed by atoms with Crippen LogP contribution in [0.2, 0.25) is 0 Å². The van der Waals surface area contributed by atoms with Gasteiger partial charge in [-0.3, -0.25) is 4.79 Å². The fourth-order valence-corrected chi connectivity index (χ4v) is 2.99. The van der Waals surface area contributed by atoms with Gasteiger partial charge in [0.1, 0.15) is 0 Å². The summed E-state index contributed by atoms with van der Waals surface area (Å²) in [7, 11) is 0. The van der Waals surface area contributed by atoms with E-state index in [0.717, 1.165) is 38.5 Å². The van der Waals surface area contributed by atoms with Crippen molar-refractivity contribution in [3.8, 4) is 11.1 Å². The molecule has 22 heavy (non-hydrogen) atoms. The number of aromatic amines is 1. The molecule has 2 nitrogen and oxygen atoms in total. The lowest BCUT2D eigenvalue weighted by molar-refractivity contribution is 1.44. The van der Waals surface area contributed by atoms with Gasteiger partial charge in [0.2, 0.25) is 0 Å². The van der Waals surface area contributed by atoms with Crippen molar-refractivity contribution in [3.05, 3.63) is 82.5 Å². The van der Waals surface area contributed by atoms with Crippen LogP contribution < -0.4 is 5.43 Å². The molecule has 4 aromatic rings. The van der Waals surface area contributed by atoms with Gasteiger partial charge >= 0.3 is 0 Å². The van der Waals surface area contributed by atoms with E-state index in [4.69, 9.17) is 0 Å². The minimum Gasteiger partial charge on any atom is -0.354 e. The molecule has 1 aromatic heterocycles. The molecule has 0 amide bonds. The summed E-state index contributed by atoms with van der Waals surface area (Å²) in [5, 5.41) is 1.50. The van der Waals surface area contributed by atoms with Crippen LogP contribution in [0.15, 0.2) is 71.5 Å². The second kappa shape index (κ2) is 4.85. The minimum absolute atomic E-state index is 0.0897. The lowest BCUT2D eigenvalue weighted by Gasteiger charge is -2.08. The van der Waals surface area contributed by atoms with E-state index in [9.17, 15) is 4.79 Å². The summed E-state index contributed by atoms with van der Waals surface area (Å²) in [6.07, 6.45) is 0. The molecule has 0 aliphatic carbocycles. The highest BCUT2D eigenvalue weighted by Gasteiger charge is 2.10. The van der Waals surface area contributed by atoms with E-state index in [2.05, 4.69) is 4.98 Å². The summed E-state index contributed by atoms with van der Waals surface area (Å²) in [5.74, 6) is 0. The lowest BCUT2D eigenvalue weighted by Crippen LogP contribution is -2.06. The molecule has 106 valence electrons. The number of aryl methyl sites for hydroxylation is 1. The zero-order valence-corrected chi connectivity index (χ0v) is 12.3. The molecular weight excluding hydrogens is 270 g/mol. The molecule has 2 heteroatoms. The summed E-state index contributed by atoms with van der Waals surface area (Å²) in [6, 6.07) is 21.9. The Morgan fingerprint density at radius 2 is 1.64 bits per heavy atom. The zero-order chi connectivity index (χ0) is 15.1. The van der Waals surface area contributed by atoms with Crippen LogP contribution >= 0.6 is 0 Å². The highest BCUT2D eigenvalue weighted by atomic mass is 16.1. The van der Waals surface area contributed by atoms with Crippen molar-refractivity contribution in [1.82, 2.24) is 4.98 Å². The largest absolute Gasteiger partial charge is 0.354 e. The van der Waals surface area contributed by atoms with Crippen molar-refractivity contribution < 1.29 is 0 Å². The normalized spacial score (nSPS) is 11.1. The predicted octanol–water partition coefficient (Wildman–Crippen LogP) is 4.66. The first kappa shape index (κ1) is 12.8. The molecule has 0 saturated carbocycles. The van der Waals surface area contributed by atoms with E-state index in [1.54, 1.807) is 0 Å². The van der Waals surface area contributed by atoms with Gasteiger partial charge in [-0.1, -0.05) is 54.1 Å². The van der Waals surface area contributed by atoms with E-state index >= 15 is 0 Å². The first-order valence-corrected chi connectivity index (χ1v) is 7.35. The quantitative estimate of drug-likeness (QED) is 0.507. The van der Waals surface area contributed by atoms with Crippen LogP contribution in [0.1, 0.15) is 5.56 Å². The van der Waals surface area contributed by atoms with Gasteiger partial charge in [0, 0.05) is 10.9 Å². The summed E-state index contributed by atoms with van der Waals surface area (Å²) >= 11 is 0. The van der Waals surface area contributed by atoms with Crippen LogP contribution in [0.4, 0.5) is 0 Å². The maximum absolute atomic E-state index is 13.0. The highest BCUT2D eigenvalue weighted by molar-refractivity contribution is 6.00. The molecule has 0 fully saturated rings. The van der Waals surface area contributed by atoms with Gasteiger partial charge in [-0.05, 0) is 36.2 Å². The number of aromatic nitrogens is 1. The van der Waals surface area contributed by atoms with E-state index < -0.39 is 0 Å². The third-order valence-electron chi connectivity index (χ3n) is 4.07. The summed E-state index contributed by atoms with van der Waals surface area (Å²) in [6.45, 7) is 2.01. The minimum atomic E-state index is 0.0897. The molecule has 0 spiro atoms. The second-order valence-corrected chi connectivity index (χ2v) is 5.60. The molecule has 0 aliphatic heterocycles. The van der Waals surface area contributed by atoms with Gasteiger partial charge in [0.25, 0.3) is 0 Å². The Bertz CT molecular complexity index is 1050. The number of hydrogen-bond acceptors (Lipinski definition) is 1. The van der Waals surface area contributed by atoms with Gasteiger partial charge in [-0.15, -0.1) is 0 Å². The Morgan fingerprint density at radius 1 is 0.818 bits per heavy atom. The fraction of sp³-hybridized carbons (Fsp3) is 0.0500. The molecule has 0 saturated heterocycles. The molecule has 1 N–H and O–H groups in total. The van der Waals surface area contributed by atoms with Crippen molar-refractivity contribution in [2.45, 2.75) is 6.92 Å². The molecule has 0 aliphatic rings. The van der Waals surface area contributed by atoms with E-state index in [-0.39, 0.29) is 5.43 Å². The molecule has 0 unspecified atom stereocenters. The van der Waals surface area contributed by atoms with Crippen LogP contribution in [0.5, 0.6) is 0 Å². The van der Waals surface area contributed by atoms with Crippen LogP contribution in [-0.4, -0.2) is 4.98 Å². The van der Waals surface area contributed by atoms with E-state index in [1.165, 1.54) is 0 Å². The topological polar surface area (TPSA) is 32.9 Å². The Hall–Kier alpha value is -2.87. The lowest BCUT2D eigenvalue weighted by atomic mass is 9.98. The average molecular weight is 285 g/mol. The molecular formula is C20H15NO. The third kappa shape index (κ3) is 1.92. The standard InChI is InChI=1S/C20H15NO/c1-13-10-11-17-16(12-13)20(22)19-15(8-5-9-18(19)21-17)14-6-3-2-4-7-14/h2-12H,1H3,(H,21,22). The molecule has 3 aromatic carbocycles. The van der Waals surface area contributed by atoms with E-state index in [0.29, 0.717) is 0 Å². The first-order valence-electron chi connectivity index (χ1n) is 7.35. The monoisotopic (exact) mass is 285 g/mol. The second-order valence-electron chi connectivity index (χ2n) is 5.60. The van der Waals surface area contributed by atoms with Gasteiger partial charge < -0.3 is 4.98 Å². The van der Waals surface area contributed by atoms with Crippen molar-refractivity contribution >= 4 is 21.8 Å². The summed E-state index contributed by atoms with van der Waals surface area (Å²) < 4.78 is 0. The first-order chi connectivity index (χ1) is 10.7. The van der Waals surface area contributed by atoms with Gasteiger partial charge in [-0.25, -0.2) is 0 Å². The van der Waals surface area contributed by atoms with Crippen molar-refractivity contribution in [3.63, 3.8) is 0 Å². The van der Waals surface area contributed by atoms with Crippen LogP contribution in [-0.2, 0) is 0 Å². The Balaban J connectivity index is 2.18. The Kier molecular flexibility index (Phi) is 2.83. The molecule has 0 radical (unpaired) electrons. The van der Waals surface area contributed by atoms with Gasteiger partial charge in [0.05, 0.1) is 10.9 Å². The number of nitrogens with one attached hydrogen (secondary N) is 1. The molecule has 0 atom stereocenters. The molecule has 1 heterocycles. The van der Waals surface area contributed by atoms with Crippen molar-refractivity contribution in [2.24, 2.45) is 0 Å². The predicted molar refractivity (Wildman–Crippen MR) is 92.2 cm³/mol. The molecule has 4 rings (SSSR count). The maximum Gasteiger partial charge on any atom is 0.197 e. The van der Waals surface area contributed by atoms with Crippen LogP contribution in [0.3, 0.4) is 0 Å². The van der Waals surface area contributed by atoms with E-state index in [1.807, 2.05) is 73.7 Å². The van der Waals surface area contributed by atoms with Crippen LogP contribution in [0, 0.1) is 6.92 Å².